The van der Waals surface area contributed by atoms with Crippen LogP contribution in [0, 0.1) is 0 Å². The SMILES string of the molecule is O=C(O)c1cccc(CN2C(=O)COCC2=O)n1. The molecule has 7 nitrogen and oxygen atoms in total. The monoisotopic (exact) mass is 250 g/mol. The van der Waals surface area contributed by atoms with Gasteiger partial charge in [-0.1, -0.05) is 6.07 Å². The van der Waals surface area contributed by atoms with Gasteiger partial charge >= 0.3 is 5.97 Å². The van der Waals surface area contributed by atoms with Crippen molar-refractivity contribution in [1.82, 2.24) is 9.88 Å². The van der Waals surface area contributed by atoms with E-state index in [1.165, 1.54) is 12.1 Å². The van der Waals surface area contributed by atoms with Crippen LogP contribution in [-0.2, 0) is 20.9 Å². The first-order valence-corrected chi connectivity index (χ1v) is 5.18. The molecular weight excluding hydrogens is 240 g/mol. The molecule has 1 aromatic rings. The zero-order chi connectivity index (χ0) is 13.1. The minimum atomic E-state index is -1.16. The third-order valence-electron chi connectivity index (χ3n) is 2.40. The van der Waals surface area contributed by atoms with Crippen LogP contribution >= 0.6 is 0 Å². The Labute approximate surface area is 102 Å². The number of pyridine rings is 1. The van der Waals surface area contributed by atoms with Crippen molar-refractivity contribution in [3.63, 3.8) is 0 Å². The topological polar surface area (TPSA) is 96.8 Å². The fraction of sp³-hybridized carbons (Fsp3) is 0.273. The van der Waals surface area contributed by atoms with Gasteiger partial charge in [-0.05, 0) is 12.1 Å². The molecule has 2 amide bonds. The van der Waals surface area contributed by atoms with E-state index in [-0.39, 0.29) is 25.5 Å². The Bertz CT molecular complexity index is 498. The van der Waals surface area contributed by atoms with E-state index in [1.54, 1.807) is 6.07 Å². The maximum Gasteiger partial charge on any atom is 0.354 e. The Morgan fingerprint density at radius 3 is 2.61 bits per heavy atom. The van der Waals surface area contributed by atoms with Crippen molar-refractivity contribution >= 4 is 17.8 Å². The number of ether oxygens (including phenoxy) is 1. The first kappa shape index (κ1) is 12.2. The van der Waals surface area contributed by atoms with Crippen LogP contribution in [0.1, 0.15) is 16.2 Å². The van der Waals surface area contributed by atoms with E-state index >= 15 is 0 Å². The van der Waals surface area contributed by atoms with Gasteiger partial charge in [0.2, 0.25) is 0 Å². The van der Waals surface area contributed by atoms with E-state index in [2.05, 4.69) is 4.98 Å². The van der Waals surface area contributed by atoms with Crippen molar-refractivity contribution in [2.45, 2.75) is 6.54 Å². The molecule has 0 atom stereocenters. The molecule has 94 valence electrons. The summed E-state index contributed by atoms with van der Waals surface area (Å²) >= 11 is 0. The molecule has 2 heterocycles. The first-order valence-electron chi connectivity index (χ1n) is 5.18. The number of rotatable bonds is 3. The number of aromatic nitrogens is 1. The molecule has 0 bridgehead atoms. The third-order valence-corrected chi connectivity index (χ3v) is 2.40. The highest BCUT2D eigenvalue weighted by Gasteiger charge is 2.27. The molecule has 1 aliphatic rings. The van der Waals surface area contributed by atoms with E-state index in [4.69, 9.17) is 9.84 Å². The van der Waals surface area contributed by atoms with Crippen LogP contribution in [0.2, 0.25) is 0 Å². The second-order valence-corrected chi connectivity index (χ2v) is 3.69. The highest BCUT2D eigenvalue weighted by Crippen LogP contribution is 2.08. The van der Waals surface area contributed by atoms with Gasteiger partial charge < -0.3 is 9.84 Å². The summed E-state index contributed by atoms with van der Waals surface area (Å²) in [6.45, 7) is -0.336. The van der Waals surface area contributed by atoms with Gasteiger partial charge in [-0.3, -0.25) is 14.5 Å². The second-order valence-electron chi connectivity index (χ2n) is 3.69. The number of imide groups is 1. The molecule has 0 aliphatic carbocycles. The average Bonchev–Trinajstić information content (AvgIpc) is 2.34. The highest BCUT2D eigenvalue weighted by atomic mass is 16.5. The van der Waals surface area contributed by atoms with E-state index in [0.29, 0.717) is 5.69 Å². The number of hydrogen-bond donors (Lipinski definition) is 1. The lowest BCUT2D eigenvalue weighted by atomic mass is 10.2. The minimum absolute atomic E-state index is 0.0395. The summed E-state index contributed by atoms with van der Waals surface area (Å²) in [6, 6.07) is 4.42. The molecule has 0 spiro atoms. The molecular formula is C11H10N2O5. The number of carboxylic acids is 1. The van der Waals surface area contributed by atoms with E-state index in [1.807, 2.05) is 0 Å². The predicted molar refractivity (Wildman–Crippen MR) is 57.6 cm³/mol. The van der Waals surface area contributed by atoms with E-state index < -0.39 is 17.8 Å². The minimum Gasteiger partial charge on any atom is -0.477 e. The zero-order valence-corrected chi connectivity index (χ0v) is 9.33. The van der Waals surface area contributed by atoms with Gasteiger partial charge in [0, 0.05) is 0 Å². The molecule has 2 rings (SSSR count). The number of aromatic carboxylic acids is 1. The first-order chi connectivity index (χ1) is 8.58. The molecule has 1 saturated heterocycles. The molecule has 0 saturated carbocycles. The number of hydrogen-bond acceptors (Lipinski definition) is 5. The summed E-state index contributed by atoms with van der Waals surface area (Å²) in [5.74, 6) is -2.06. The van der Waals surface area contributed by atoms with Crippen molar-refractivity contribution in [3.8, 4) is 0 Å². The Hall–Kier alpha value is -2.28. The van der Waals surface area contributed by atoms with Crippen LogP contribution in [0.3, 0.4) is 0 Å². The second kappa shape index (κ2) is 4.92. The van der Waals surface area contributed by atoms with Crippen LogP contribution < -0.4 is 0 Å². The van der Waals surface area contributed by atoms with Crippen molar-refractivity contribution in [1.29, 1.82) is 0 Å². The fourth-order valence-electron chi connectivity index (χ4n) is 1.55. The van der Waals surface area contributed by atoms with Crippen LogP contribution in [-0.4, -0.2) is 46.0 Å². The third kappa shape index (κ3) is 2.51. The summed E-state index contributed by atoms with van der Waals surface area (Å²) < 4.78 is 4.77. The van der Waals surface area contributed by atoms with Gasteiger partial charge in [-0.15, -0.1) is 0 Å². The van der Waals surface area contributed by atoms with Crippen LogP contribution in [0.25, 0.3) is 0 Å². The molecule has 0 aromatic carbocycles. The van der Waals surface area contributed by atoms with Crippen molar-refractivity contribution in [3.05, 3.63) is 29.6 Å². The summed E-state index contributed by atoms with van der Waals surface area (Å²) in [5.41, 5.74) is 0.221. The van der Waals surface area contributed by atoms with Crippen LogP contribution in [0.15, 0.2) is 18.2 Å². The molecule has 1 N–H and O–H groups in total. The summed E-state index contributed by atoms with van der Waals surface area (Å²) in [4.78, 5) is 38.5. The Morgan fingerprint density at radius 2 is 2.00 bits per heavy atom. The molecule has 0 unspecified atom stereocenters. The maximum atomic E-state index is 11.5. The van der Waals surface area contributed by atoms with Gasteiger partial charge in [0.15, 0.2) is 0 Å². The average molecular weight is 250 g/mol. The van der Waals surface area contributed by atoms with Crippen molar-refractivity contribution in [2.24, 2.45) is 0 Å². The Balaban J connectivity index is 2.17. The van der Waals surface area contributed by atoms with Crippen molar-refractivity contribution < 1.29 is 24.2 Å². The highest BCUT2D eigenvalue weighted by molar-refractivity contribution is 5.98. The van der Waals surface area contributed by atoms with Crippen molar-refractivity contribution in [2.75, 3.05) is 13.2 Å². The number of amides is 2. The van der Waals surface area contributed by atoms with Gasteiger partial charge in [-0.2, -0.15) is 0 Å². The van der Waals surface area contributed by atoms with Gasteiger partial charge in [0.25, 0.3) is 11.8 Å². The molecule has 1 fully saturated rings. The summed E-state index contributed by atoms with van der Waals surface area (Å²) in [5, 5.41) is 8.79. The molecule has 7 heteroatoms. The van der Waals surface area contributed by atoms with Gasteiger partial charge in [-0.25, -0.2) is 9.78 Å². The Morgan fingerprint density at radius 1 is 1.33 bits per heavy atom. The lowest BCUT2D eigenvalue weighted by Gasteiger charge is -2.24. The van der Waals surface area contributed by atoms with E-state index in [9.17, 15) is 14.4 Å². The quantitative estimate of drug-likeness (QED) is 0.737. The number of carbonyl (C=O) groups is 3. The van der Waals surface area contributed by atoms with E-state index in [0.717, 1.165) is 4.90 Å². The smallest absolute Gasteiger partial charge is 0.354 e. The lowest BCUT2D eigenvalue weighted by Crippen LogP contribution is -2.45. The maximum absolute atomic E-state index is 11.5. The summed E-state index contributed by atoms with van der Waals surface area (Å²) in [7, 11) is 0. The van der Waals surface area contributed by atoms with Gasteiger partial charge in [0.1, 0.15) is 18.9 Å². The van der Waals surface area contributed by atoms with Gasteiger partial charge in [0.05, 0.1) is 12.2 Å². The number of carbonyl (C=O) groups excluding carboxylic acids is 2. The Kier molecular flexibility index (Phi) is 3.33. The van der Waals surface area contributed by atoms with Crippen LogP contribution in [0.5, 0.6) is 0 Å². The fourth-order valence-corrected chi connectivity index (χ4v) is 1.55. The van der Waals surface area contributed by atoms with Crippen LogP contribution in [0.4, 0.5) is 0 Å². The number of morpholine rings is 1. The molecule has 18 heavy (non-hydrogen) atoms. The number of nitrogens with zero attached hydrogens (tertiary/aromatic N) is 2. The normalized spacial score (nSPS) is 15.9. The largest absolute Gasteiger partial charge is 0.477 e. The molecule has 1 aliphatic heterocycles. The lowest BCUT2D eigenvalue weighted by molar-refractivity contribution is -0.159. The number of carboxylic acid groups (broad SMARTS) is 1. The zero-order valence-electron chi connectivity index (χ0n) is 9.33. The summed E-state index contributed by atoms with van der Waals surface area (Å²) in [6.07, 6.45) is 0. The molecule has 1 aromatic heterocycles. The predicted octanol–water partition coefficient (Wildman–Crippen LogP) is -0.335. The molecule has 0 radical (unpaired) electrons. The standard InChI is InChI=1S/C11H10N2O5/c14-9-5-18-6-10(15)13(9)4-7-2-1-3-8(12-7)11(16)17/h1-3H,4-6H2,(H,16,17).